The molecule has 2 aromatic carbocycles. The number of aryl methyl sites for hydroxylation is 1. The molecule has 32 heavy (non-hydrogen) atoms. The zero-order chi connectivity index (χ0) is 22.5. The van der Waals surface area contributed by atoms with Crippen LogP contribution in [0, 0.1) is 12.8 Å². The highest BCUT2D eigenvalue weighted by atomic mass is 16.5. The third-order valence-corrected chi connectivity index (χ3v) is 6.22. The Balaban J connectivity index is 1.65. The van der Waals surface area contributed by atoms with Gasteiger partial charge < -0.3 is 19.7 Å². The summed E-state index contributed by atoms with van der Waals surface area (Å²) >= 11 is 0. The predicted octanol–water partition coefficient (Wildman–Crippen LogP) is 3.78. The standard InChI is InChI=1S/C26H32N2O4/c1-18-9-11-19(12-10-18)24(25(29)27-16-22-7-5-15-32-22)28(26(30)20-13-14-20)17-21-6-3-4-8-23(21)31-2/h3-4,6,8-12,20,22,24H,5,7,13-17H2,1-2H3,(H,27,29). The van der Waals surface area contributed by atoms with Crippen molar-refractivity contribution in [2.24, 2.45) is 5.92 Å². The van der Waals surface area contributed by atoms with Crippen molar-refractivity contribution in [2.75, 3.05) is 20.3 Å². The molecule has 1 saturated carbocycles. The fourth-order valence-electron chi connectivity index (χ4n) is 4.22. The van der Waals surface area contributed by atoms with Crippen molar-refractivity contribution in [1.82, 2.24) is 10.2 Å². The van der Waals surface area contributed by atoms with Crippen LogP contribution in [0.25, 0.3) is 0 Å². The molecule has 6 heteroatoms. The van der Waals surface area contributed by atoms with E-state index in [1.165, 1.54) is 0 Å². The zero-order valence-electron chi connectivity index (χ0n) is 18.9. The van der Waals surface area contributed by atoms with Gasteiger partial charge >= 0.3 is 0 Å². The van der Waals surface area contributed by atoms with Gasteiger partial charge in [0.15, 0.2) is 0 Å². The van der Waals surface area contributed by atoms with Crippen molar-refractivity contribution in [3.8, 4) is 5.75 Å². The average molecular weight is 437 g/mol. The second kappa shape index (κ2) is 10.2. The number of carbonyl (C=O) groups is 2. The van der Waals surface area contributed by atoms with Crippen LogP contribution in [0.1, 0.15) is 48.4 Å². The fraction of sp³-hybridized carbons (Fsp3) is 0.462. The molecule has 1 aliphatic carbocycles. The first-order chi connectivity index (χ1) is 15.6. The van der Waals surface area contributed by atoms with Crippen molar-refractivity contribution in [1.29, 1.82) is 0 Å². The van der Waals surface area contributed by atoms with Gasteiger partial charge in [-0.2, -0.15) is 0 Å². The third kappa shape index (κ3) is 5.30. The number of nitrogens with one attached hydrogen (secondary N) is 1. The van der Waals surface area contributed by atoms with Crippen molar-refractivity contribution >= 4 is 11.8 Å². The SMILES string of the molecule is COc1ccccc1CN(C(=O)C1CC1)C(C(=O)NCC1CCCO1)c1ccc(C)cc1. The summed E-state index contributed by atoms with van der Waals surface area (Å²) in [6.45, 7) is 3.52. The number of amides is 2. The number of methoxy groups -OCH3 is 1. The van der Waals surface area contributed by atoms with Gasteiger partial charge in [-0.25, -0.2) is 0 Å². The van der Waals surface area contributed by atoms with E-state index in [1.807, 2.05) is 55.5 Å². The van der Waals surface area contributed by atoms with Gasteiger partial charge in [-0.15, -0.1) is 0 Å². The third-order valence-electron chi connectivity index (χ3n) is 6.22. The summed E-state index contributed by atoms with van der Waals surface area (Å²) in [5, 5.41) is 3.06. The van der Waals surface area contributed by atoms with Crippen molar-refractivity contribution in [2.45, 2.75) is 51.3 Å². The molecule has 2 aromatic rings. The number of para-hydroxylation sites is 1. The minimum atomic E-state index is -0.713. The topological polar surface area (TPSA) is 67.9 Å². The summed E-state index contributed by atoms with van der Waals surface area (Å²) < 4.78 is 11.2. The maximum Gasteiger partial charge on any atom is 0.247 e. The maximum atomic E-state index is 13.5. The van der Waals surface area contributed by atoms with Gasteiger partial charge in [0, 0.05) is 24.6 Å². The molecule has 2 unspecified atom stereocenters. The molecule has 4 rings (SSSR count). The largest absolute Gasteiger partial charge is 0.496 e. The monoisotopic (exact) mass is 436 g/mol. The lowest BCUT2D eigenvalue weighted by Crippen LogP contribution is -2.45. The molecule has 2 amide bonds. The highest BCUT2D eigenvalue weighted by Gasteiger charge is 2.39. The Kier molecular flexibility index (Phi) is 7.10. The van der Waals surface area contributed by atoms with Crippen LogP contribution >= 0.6 is 0 Å². The van der Waals surface area contributed by atoms with Gasteiger partial charge in [-0.05, 0) is 44.2 Å². The number of ether oxygens (including phenoxy) is 2. The Labute approximate surface area is 189 Å². The van der Waals surface area contributed by atoms with E-state index in [4.69, 9.17) is 9.47 Å². The summed E-state index contributed by atoms with van der Waals surface area (Å²) in [6, 6.07) is 14.8. The molecule has 0 radical (unpaired) electrons. The molecule has 1 N–H and O–H groups in total. The highest BCUT2D eigenvalue weighted by molar-refractivity contribution is 5.90. The lowest BCUT2D eigenvalue weighted by molar-refractivity contribution is -0.142. The minimum absolute atomic E-state index is 0.0105. The Hall–Kier alpha value is -2.86. The van der Waals surface area contributed by atoms with Gasteiger partial charge in [0.05, 0.1) is 19.8 Å². The van der Waals surface area contributed by atoms with E-state index in [9.17, 15) is 9.59 Å². The van der Waals surface area contributed by atoms with Crippen molar-refractivity contribution < 1.29 is 19.1 Å². The van der Waals surface area contributed by atoms with Crippen LogP contribution in [0.5, 0.6) is 5.75 Å². The molecule has 2 aliphatic rings. The summed E-state index contributed by atoms with van der Waals surface area (Å²) in [4.78, 5) is 28.7. The molecule has 1 heterocycles. The predicted molar refractivity (Wildman–Crippen MR) is 122 cm³/mol. The van der Waals surface area contributed by atoms with Crippen LogP contribution in [0.2, 0.25) is 0 Å². The minimum Gasteiger partial charge on any atom is -0.496 e. The van der Waals surface area contributed by atoms with E-state index in [-0.39, 0.29) is 23.8 Å². The molecule has 0 bridgehead atoms. The Morgan fingerprint density at radius 1 is 1.12 bits per heavy atom. The quantitative estimate of drug-likeness (QED) is 0.650. The second-order valence-electron chi connectivity index (χ2n) is 8.75. The summed E-state index contributed by atoms with van der Waals surface area (Å²) in [6.07, 6.45) is 3.75. The Morgan fingerprint density at radius 2 is 1.88 bits per heavy atom. The van der Waals surface area contributed by atoms with Crippen molar-refractivity contribution in [3.05, 3.63) is 65.2 Å². The first-order valence-corrected chi connectivity index (χ1v) is 11.4. The summed E-state index contributed by atoms with van der Waals surface area (Å²) in [7, 11) is 1.62. The number of hydrogen-bond acceptors (Lipinski definition) is 4. The van der Waals surface area contributed by atoms with E-state index < -0.39 is 6.04 Å². The van der Waals surface area contributed by atoms with Crippen LogP contribution in [0.4, 0.5) is 0 Å². The molecular formula is C26H32N2O4. The van der Waals surface area contributed by atoms with Crippen LogP contribution in [-0.4, -0.2) is 43.1 Å². The van der Waals surface area contributed by atoms with E-state index in [2.05, 4.69) is 5.32 Å². The first-order valence-electron chi connectivity index (χ1n) is 11.4. The smallest absolute Gasteiger partial charge is 0.247 e. The normalized spacial score (nSPS) is 18.8. The first kappa shape index (κ1) is 22.3. The van der Waals surface area contributed by atoms with E-state index in [0.717, 1.165) is 49.0 Å². The highest BCUT2D eigenvalue weighted by Crippen LogP contribution is 2.36. The van der Waals surface area contributed by atoms with Crippen LogP contribution < -0.4 is 10.1 Å². The average Bonchev–Trinajstić information content (AvgIpc) is 3.53. The maximum absolute atomic E-state index is 13.5. The molecule has 170 valence electrons. The van der Waals surface area contributed by atoms with Crippen LogP contribution in [0.3, 0.4) is 0 Å². The van der Waals surface area contributed by atoms with Crippen molar-refractivity contribution in [3.63, 3.8) is 0 Å². The molecule has 1 aliphatic heterocycles. The van der Waals surface area contributed by atoms with Gasteiger partial charge in [0.2, 0.25) is 11.8 Å². The van der Waals surface area contributed by atoms with E-state index in [0.29, 0.717) is 18.8 Å². The number of rotatable bonds is 9. The van der Waals surface area contributed by atoms with E-state index >= 15 is 0 Å². The molecule has 0 aromatic heterocycles. The zero-order valence-corrected chi connectivity index (χ0v) is 18.9. The molecule has 1 saturated heterocycles. The number of hydrogen-bond donors (Lipinski definition) is 1. The molecule has 2 fully saturated rings. The van der Waals surface area contributed by atoms with Gasteiger partial charge in [-0.1, -0.05) is 48.0 Å². The summed E-state index contributed by atoms with van der Waals surface area (Å²) in [5.74, 6) is 0.550. The second-order valence-corrected chi connectivity index (χ2v) is 8.75. The Morgan fingerprint density at radius 3 is 2.53 bits per heavy atom. The number of carbonyl (C=O) groups excluding carboxylic acids is 2. The van der Waals surface area contributed by atoms with Gasteiger partial charge in [0.1, 0.15) is 11.8 Å². The lowest BCUT2D eigenvalue weighted by Gasteiger charge is -2.32. The van der Waals surface area contributed by atoms with E-state index in [1.54, 1.807) is 12.0 Å². The van der Waals surface area contributed by atoms with Crippen LogP contribution in [-0.2, 0) is 20.9 Å². The van der Waals surface area contributed by atoms with Crippen LogP contribution in [0.15, 0.2) is 48.5 Å². The Bertz CT molecular complexity index is 933. The van der Waals surface area contributed by atoms with Gasteiger partial charge in [-0.3, -0.25) is 9.59 Å². The number of benzene rings is 2. The summed E-state index contributed by atoms with van der Waals surface area (Å²) in [5.41, 5.74) is 2.80. The molecule has 6 nitrogen and oxygen atoms in total. The molecular weight excluding hydrogens is 404 g/mol. The molecule has 2 atom stereocenters. The number of nitrogens with zero attached hydrogens (tertiary/aromatic N) is 1. The van der Waals surface area contributed by atoms with Gasteiger partial charge in [0.25, 0.3) is 0 Å². The molecule has 0 spiro atoms. The lowest BCUT2D eigenvalue weighted by atomic mass is 10.0. The fourth-order valence-corrected chi connectivity index (χ4v) is 4.22.